The van der Waals surface area contributed by atoms with E-state index in [9.17, 15) is 0 Å². The first kappa shape index (κ1) is 12.9. The van der Waals surface area contributed by atoms with Crippen LogP contribution in [-0.2, 0) is 0 Å². The average Bonchev–Trinajstić information content (AvgIpc) is 2.39. The molecule has 1 aliphatic rings. The third-order valence-corrected chi connectivity index (χ3v) is 3.20. The van der Waals surface area contributed by atoms with Gasteiger partial charge in [-0.2, -0.15) is 5.26 Å². The molecule has 0 spiro atoms. The topological polar surface area (TPSA) is 27.0 Å². The zero-order valence-corrected chi connectivity index (χ0v) is 11.1. The number of nitriles is 1. The van der Waals surface area contributed by atoms with E-state index < -0.39 is 0 Å². The number of rotatable bonds is 3. The van der Waals surface area contributed by atoms with Gasteiger partial charge in [0, 0.05) is 19.6 Å². The fraction of sp³-hybridized carbons (Fsp3) is 0.375. The van der Waals surface area contributed by atoms with E-state index in [-0.39, 0.29) is 0 Å². The quantitative estimate of drug-likeness (QED) is 0.809. The fourth-order valence-corrected chi connectivity index (χ4v) is 2.35. The summed E-state index contributed by atoms with van der Waals surface area (Å²) in [4.78, 5) is 2.45. The molecule has 0 atom stereocenters. The maximum atomic E-state index is 8.92. The summed E-state index contributed by atoms with van der Waals surface area (Å²) in [6, 6.07) is 10.1. The minimum Gasteiger partial charge on any atom is -0.299 e. The predicted octanol–water partition coefficient (Wildman–Crippen LogP) is 3.26. The Kier molecular flexibility index (Phi) is 4.17. The molecule has 2 nitrogen and oxygen atoms in total. The first-order chi connectivity index (χ1) is 8.69. The molecule has 1 aromatic rings. The van der Waals surface area contributed by atoms with Crippen LogP contribution >= 0.6 is 0 Å². The molecular weight excluding hydrogens is 220 g/mol. The summed E-state index contributed by atoms with van der Waals surface area (Å²) >= 11 is 0. The van der Waals surface area contributed by atoms with Crippen molar-refractivity contribution in [1.82, 2.24) is 4.90 Å². The minimum absolute atomic E-state index is 0.744. The Balaban J connectivity index is 2.07. The molecule has 18 heavy (non-hydrogen) atoms. The number of hydrogen-bond acceptors (Lipinski definition) is 2. The lowest BCUT2D eigenvalue weighted by Crippen LogP contribution is -2.31. The summed E-state index contributed by atoms with van der Waals surface area (Å²) in [5, 5.41) is 8.92. The lowest BCUT2D eigenvalue weighted by atomic mass is 9.97. The molecule has 1 heterocycles. The average molecular weight is 239 g/mol. The first-order valence-corrected chi connectivity index (χ1v) is 6.40. The maximum Gasteiger partial charge on any atom is 0.0991 e. The Labute approximate surface area is 110 Å². The van der Waals surface area contributed by atoms with E-state index in [1.165, 1.54) is 17.1 Å². The predicted molar refractivity (Wildman–Crippen MR) is 74.8 cm³/mol. The molecule has 0 unspecified atom stereocenters. The Morgan fingerprint density at radius 2 is 2.22 bits per heavy atom. The minimum atomic E-state index is 0.744. The van der Waals surface area contributed by atoms with Crippen molar-refractivity contribution in [3.8, 4) is 6.07 Å². The van der Waals surface area contributed by atoms with Crippen LogP contribution in [0.15, 0.2) is 30.3 Å². The van der Waals surface area contributed by atoms with Crippen molar-refractivity contribution in [2.45, 2.75) is 20.3 Å². The van der Waals surface area contributed by atoms with E-state index >= 15 is 0 Å². The van der Waals surface area contributed by atoms with Crippen molar-refractivity contribution >= 4 is 5.57 Å². The van der Waals surface area contributed by atoms with E-state index in [4.69, 9.17) is 5.26 Å². The Bertz CT molecular complexity index is 480. The van der Waals surface area contributed by atoms with Crippen LogP contribution in [0.1, 0.15) is 31.4 Å². The maximum absolute atomic E-state index is 8.92. The fourth-order valence-electron chi connectivity index (χ4n) is 2.35. The lowest BCUT2D eigenvalue weighted by molar-refractivity contribution is 0.313. The Hall–Kier alpha value is -1.59. The third kappa shape index (κ3) is 3.21. The molecule has 0 fully saturated rings. The molecule has 93 valence electrons. The van der Waals surface area contributed by atoms with Gasteiger partial charge in [0.15, 0.2) is 0 Å². The van der Waals surface area contributed by atoms with Crippen LogP contribution in [-0.4, -0.2) is 24.5 Å². The molecule has 2 heteroatoms. The van der Waals surface area contributed by atoms with Crippen LogP contribution in [0.4, 0.5) is 0 Å². The van der Waals surface area contributed by atoms with E-state index in [0.717, 1.165) is 31.6 Å². The highest BCUT2D eigenvalue weighted by atomic mass is 15.1. The zero-order valence-electron chi connectivity index (χ0n) is 11.1. The van der Waals surface area contributed by atoms with Crippen molar-refractivity contribution in [3.63, 3.8) is 0 Å². The lowest BCUT2D eigenvalue weighted by Gasteiger charge is -2.27. The van der Waals surface area contributed by atoms with Crippen molar-refractivity contribution < 1.29 is 0 Å². The molecule has 1 radical (unpaired) electrons. The normalized spacial score (nSPS) is 16.4. The Morgan fingerprint density at radius 1 is 1.39 bits per heavy atom. The van der Waals surface area contributed by atoms with Gasteiger partial charge in [-0.15, -0.1) is 0 Å². The van der Waals surface area contributed by atoms with E-state index in [1.807, 2.05) is 18.2 Å². The monoisotopic (exact) mass is 239 g/mol. The van der Waals surface area contributed by atoms with Crippen molar-refractivity contribution in [2.75, 3.05) is 19.6 Å². The van der Waals surface area contributed by atoms with Crippen LogP contribution in [0.5, 0.6) is 0 Å². The molecule has 1 aliphatic heterocycles. The zero-order chi connectivity index (χ0) is 13.0. The molecule has 0 bridgehead atoms. The second kappa shape index (κ2) is 5.84. The molecule has 0 aromatic heterocycles. The van der Waals surface area contributed by atoms with Crippen molar-refractivity contribution in [1.29, 1.82) is 5.26 Å². The van der Waals surface area contributed by atoms with E-state index in [2.05, 4.69) is 37.0 Å². The van der Waals surface area contributed by atoms with Gasteiger partial charge in [0.25, 0.3) is 0 Å². The summed E-state index contributed by atoms with van der Waals surface area (Å²) in [5.41, 5.74) is 3.32. The molecule has 0 aliphatic carbocycles. The summed E-state index contributed by atoms with van der Waals surface area (Å²) < 4.78 is 0. The number of hydrogen-bond donors (Lipinski definition) is 0. The Morgan fingerprint density at radius 3 is 2.83 bits per heavy atom. The molecule has 0 saturated carbocycles. The first-order valence-electron chi connectivity index (χ1n) is 6.40. The van der Waals surface area contributed by atoms with Gasteiger partial charge in [0.05, 0.1) is 11.6 Å². The van der Waals surface area contributed by atoms with E-state index in [0.29, 0.717) is 0 Å². The highest BCUT2D eigenvalue weighted by Gasteiger charge is 2.13. The van der Waals surface area contributed by atoms with Gasteiger partial charge in [0.1, 0.15) is 0 Å². The van der Waals surface area contributed by atoms with Gasteiger partial charge < -0.3 is 0 Å². The largest absolute Gasteiger partial charge is 0.299 e. The van der Waals surface area contributed by atoms with Gasteiger partial charge in [-0.05, 0) is 35.6 Å². The summed E-state index contributed by atoms with van der Waals surface area (Å²) in [7, 11) is 0. The highest BCUT2D eigenvalue weighted by Crippen LogP contribution is 2.23. The molecule has 1 aromatic carbocycles. The number of nitrogens with zero attached hydrogens (tertiary/aromatic N) is 2. The second-order valence-corrected chi connectivity index (χ2v) is 5.11. The highest BCUT2D eigenvalue weighted by molar-refractivity contribution is 5.67. The molecule has 0 N–H and O–H groups in total. The van der Waals surface area contributed by atoms with Crippen LogP contribution in [0.25, 0.3) is 5.57 Å². The van der Waals surface area contributed by atoms with Gasteiger partial charge in [0.2, 0.25) is 0 Å². The standard InChI is InChI=1S/C16H19N2/c1-13(2)12-18-8-6-15(7-9-18)16-5-3-4-14(10-16)11-17/h3-6,10H,7-9,12H2,1-2H3. The summed E-state index contributed by atoms with van der Waals surface area (Å²) in [5.74, 6) is 1.46. The van der Waals surface area contributed by atoms with Gasteiger partial charge in [-0.1, -0.05) is 32.1 Å². The SMILES string of the molecule is C[C](C)CN1CC=C(c2cccc(C#N)c2)CC1. The molecule has 0 amide bonds. The van der Waals surface area contributed by atoms with Crippen molar-refractivity contribution in [2.24, 2.45) is 0 Å². The van der Waals surface area contributed by atoms with Gasteiger partial charge >= 0.3 is 0 Å². The second-order valence-electron chi connectivity index (χ2n) is 5.11. The van der Waals surface area contributed by atoms with Gasteiger partial charge in [-0.25, -0.2) is 0 Å². The van der Waals surface area contributed by atoms with Crippen LogP contribution < -0.4 is 0 Å². The molecule has 2 rings (SSSR count). The summed E-state index contributed by atoms with van der Waals surface area (Å²) in [6.07, 6.45) is 3.37. The van der Waals surface area contributed by atoms with E-state index in [1.54, 1.807) is 0 Å². The van der Waals surface area contributed by atoms with Crippen molar-refractivity contribution in [3.05, 3.63) is 47.4 Å². The molecular formula is C16H19N2. The van der Waals surface area contributed by atoms with Gasteiger partial charge in [-0.3, -0.25) is 4.90 Å². The smallest absolute Gasteiger partial charge is 0.0991 e. The third-order valence-electron chi connectivity index (χ3n) is 3.20. The van der Waals surface area contributed by atoms with Crippen LogP contribution in [0.2, 0.25) is 0 Å². The van der Waals surface area contributed by atoms with Crippen LogP contribution in [0, 0.1) is 17.2 Å². The summed E-state index contributed by atoms with van der Waals surface area (Å²) in [6.45, 7) is 7.55. The molecule has 0 saturated heterocycles. The number of benzene rings is 1. The van der Waals surface area contributed by atoms with Crippen LogP contribution in [0.3, 0.4) is 0 Å².